The molecule has 0 atom stereocenters. The van der Waals surface area contributed by atoms with Gasteiger partial charge in [-0.25, -0.2) is 17.6 Å². The molecular formula is C43H20F4N4O2S4. The van der Waals surface area contributed by atoms with Crippen LogP contribution in [-0.4, -0.2) is 11.6 Å². The van der Waals surface area contributed by atoms with Crippen LogP contribution in [0.4, 0.5) is 17.6 Å². The highest BCUT2D eigenvalue weighted by Crippen LogP contribution is 2.66. The fraction of sp³-hybridized carbons (Fsp3) is 0.140. The molecule has 6 aromatic rings. The van der Waals surface area contributed by atoms with Gasteiger partial charge in [0.25, 0.3) is 0 Å². The minimum atomic E-state index is -1.20. The molecule has 4 aliphatic carbocycles. The van der Waals surface area contributed by atoms with Crippen LogP contribution in [0.1, 0.15) is 84.8 Å². The number of fused-ring (bicyclic) bond motifs is 11. The van der Waals surface area contributed by atoms with Crippen LogP contribution in [0.3, 0.4) is 0 Å². The van der Waals surface area contributed by atoms with Gasteiger partial charge in [-0.15, -0.1) is 45.3 Å². The summed E-state index contributed by atoms with van der Waals surface area (Å²) in [5.41, 5.74) is 7.71. The molecule has 0 radical (unpaired) electrons. The van der Waals surface area contributed by atoms with Crippen molar-refractivity contribution in [2.45, 2.75) is 37.5 Å². The van der Waals surface area contributed by atoms with E-state index in [0.717, 1.165) is 80.0 Å². The largest absolute Gasteiger partial charge is 0.390 e. The molecule has 1 fully saturated rings. The summed E-state index contributed by atoms with van der Waals surface area (Å²) in [6.45, 7) is 0. The molecule has 4 heterocycles. The van der Waals surface area contributed by atoms with Gasteiger partial charge in [0, 0.05) is 69.1 Å². The van der Waals surface area contributed by atoms with Crippen LogP contribution in [0.15, 0.2) is 58.8 Å². The second kappa shape index (κ2) is 12.5. The minimum absolute atomic E-state index is 0.00786. The number of carbonyl (C=O) groups excluding carboxylic acids is 2. The first-order valence-electron chi connectivity index (χ1n) is 17.6. The quantitative estimate of drug-likeness (QED) is 0.105. The molecule has 10 rings (SSSR count). The molecule has 2 N–H and O–H groups in total. The number of thiophene rings is 4. The highest BCUT2D eigenvalue weighted by atomic mass is 32.1. The molecule has 4 aromatic heterocycles. The molecule has 2 aromatic carbocycles. The Kier molecular flexibility index (Phi) is 7.79. The van der Waals surface area contributed by atoms with Gasteiger partial charge in [0.1, 0.15) is 29.5 Å². The number of Topliss-reactive ketones (excluding diaryl/α,β-unsaturated/α-hetero) is 2. The summed E-state index contributed by atoms with van der Waals surface area (Å²) in [7, 11) is 0. The van der Waals surface area contributed by atoms with Gasteiger partial charge < -0.3 is 5.73 Å². The minimum Gasteiger partial charge on any atom is -0.390 e. The van der Waals surface area contributed by atoms with Crippen molar-refractivity contribution in [1.29, 1.82) is 15.8 Å². The number of rotatable bonds is 2. The Labute approximate surface area is 336 Å². The summed E-state index contributed by atoms with van der Waals surface area (Å²) in [6, 6.07) is 12.9. The molecule has 0 saturated heterocycles. The van der Waals surface area contributed by atoms with Crippen LogP contribution < -0.4 is 5.73 Å². The van der Waals surface area contributed by atoms with E-state index in [0.29, 0.717) is 4.88 Å². The van der Waals surface area contributed by atoms with Gasteiger partial charge in [-0.3, -0.25) is 9.59 Å². The molecule has 4 aliphatic rings. The Morgan fingerprint density at radius 3 is 1.51 bits per heavy atom. The Morgan fingerprint density at radius 1 is 0.614 bits per heavy atom. The summed E-state index contributed by atoms with van der Waals surface area (Å²) in [5.74, 6) is -5.84. The van der Waals surface area contributed by atoms with E-state index in [1.165, 1.54) is 43.6 Å². The number of hydrogen-bond donors (Lipinski definition) is 1. The summed E-state index contributed by atoms with van der Waals surface area (Å²) >= 11 is 6.35. The van der Waals surface area contributed by atoms with Crippen molar-refractivity contribution in [2.75, 3.05) is 0 Å². The van der Waals surface area contributed by atoms with Crippen molar-refractivity contribution in [3.8, 4) is 28.0 Å². The van der Waals surface area contributed by atoms with Crippen molar-refractivity contribution < 1.29 is 27.2 Å². The lowest BCUT2D eigenvalue weighted by Gasteiger charge is -2.35. The van der Waals surface area contributed by atoms with Crippen LogP contribution in [0.2, 0.25) is 0 Å². The number of allylic oxidation sites excluding steroid dienone is 6. The Bertz CT molecular complexity index is 3180. The maximum Gasteiger partial charge on any atom is 0.194 e. The molecule has 0 unspecified atom stereocenters. The van der Waals surface area contributed by atoms with Gasteiger partial charge in [0.2, 0.25) is 0 Å². The number of halogens is 4. The molecule has 0 bridgehead atoms. The predicted octanol–water partition coefficient (Wildman–Crippen LogP) is 11.6. The SMILES string of the molecule is N#CC(C#N)=C1/C(=C/c2cc3sc4c(c3s2)C2(CCCCC2)c2c-4sc3cc(/C=C4/C(=O)c5cc(F)c(F)cc5/C4=C(\N)C#N)sc23)C(=O)c2cc(F)c(F)cc21. The maximum atomic E-state index is 14.4. The molecule has 0 amide bonds. The van der Waals surface area contributed by atoms with Gasteiger partial charge in [-0.05, 0) is 72.5 Å². The summed E-state index contributed by atoms with van der Waals surface area (Å²) in [4.78, 5) is 31.0. The molecule has 0 aliphatic heterocycles. The van der Waals surface area contributed by atoms with Gasteiger partial charge >= 0.3 is 0 Å². The zero-order valence-electron chi connectivity index (χ0n) is 29.0. The number of benzene rings is 2. The Hall–Kier alpha value is -5.95. The van der Waals surface area contributed by atoms with Crippen molar-refractivity contribution in [3.63, 3.8) is 0 Å². The predicted molar refractivity (Wildman–Crippen MR) is 214 cm³/mol. The van der Waals surface area contributed by atoms with Gasteiger partial charge in [-0.2, -0.15) is 15.8 Å². The van der Waals surface area contributed by atoms with Crippen LogP contribution >= 0.6 is 45.3 Å². The summed E-state index contributed by atoms with van der Waals surface area (Å²) in [5, 5.41) is 29.2. The lowest BCUT2D eigenvalue weighted by Crippen LogP contribution is -2.27. The number of carbonyl (C=O) groups is 2. The fourth-order valence-electron chi connectivity index (χ4n) is 8.93. The number of nitrogens with zero attached hydrogens (tertiary/aromatic N) is 3. The summed E-state index contributed by atoms with van der Waals surface area (Å²) < 4.78 is 61.4. The number of hydrogen-bond acceptors (Lipinski definition) is 10. The maximum absolute atomic E-state index is 14.4. The third kappa shape index (κ3) is 4.87. The average Bonchev–Trinajstić information content (AvgIpc) is 4.04. The first-order chi connectivity index (χ1) is 27.5. The van der Waals surface area contributed by atoms with Crippen molar-refractivity contribution >= 4 is 99.0 Å². The molecule has 14 heteroatoms. The lowest BCUT2D eigenvalue weighted by molar-refractivity contribution is 0.103. The smallest absolute Gasteiger partial charge is 0.194 e. The van der Waals surface area contributed by atoms with E-state index in [2.05, 4.69) is 0 Å². The molecule has 276 valence electrons. The van der Waals surface area contributed by atoms with Crippen molar-refractivity contribution in [1.82, 2.24) is 0 Å². The molecule has 57 heavy (non-hydrogen) atoms. The van der Waals surface area contributed by atoms with E-state index in [4.69, 9.17) is 5.73 Å². The normalized spacial score (nSPS) is 18.6. The molecule has 6 nitrogen and oxygen atoms in total. The zero-order chi connectivity index (χ0) is 39.7. The van der Waals surface area contributed by atoms with Crippen LogP contribution in [0.25, 0.3) is 51.9 Å². The molecule has 1 spiro atoms. The Morgan fingerprint density at radius 2 is 1.05 bits per heavy atom. The van der Waals surface area contributed by atoms with E-state index >= 15 is 0 Å². The van der Waals surface area contributed by atoms with E-state index in [1.807, 2.05) is 30.3 Å². The fourth-order valence-corrected chi connectivity index (χ4v) is 14.6. The van der Waals surface area contributed by atoms with E-state index in [1.54, 1.807) is 34.8 Å². The lowest BCUT2D eigenvalue weighted by atomic mass is 9.68. The zero-order valence-corrected chi connectivity index (χ0v) is 32.3. The van der Waals surface area contributed by atoms with Gasteiger partial charge in [0.15, 0.2) is 34.8 Å². The molecular weight excluding hydrogens is 809 g/mol. The van der Waals surface area contributed by atoms with Crippen molar-refractivity contribution in [3.05, 3.63) is 125 Å². The first-order valence-corrected chi connectivity index (χ1v) is 20.8. The van der Waals surface area contributed by atoms with Gasteiger partial charge in [0.05, 0.1) is 19.2 Å². The topological polar surface area (TPSA) is 132 Å². The van der Waals surface area contributed by atoms with Crippen molar-refractivity contribution in [2.24, 2.45) is 5.73 Å². The number of ketones is 2. The molecule has 1 saturated carbocycles. The van der Waals surface area contributed by atoms with E-state index in [-0.39, 0.29) is 61.2 Å². The average molecular weight is 829 g/mol. The number of nitriles is 3. The highest BCUT2D eigenvalue weighted by Gasteiger charge is 2.49. The third-order valence-corrected chi connectivity index (χ3v) is 16.1. The number of nitrogens with two attached hydrogens (primary N) is 1. The first kappa shape index (κ1) is 35.5. The second-order valence-electron chi connectivity index (χ2n) is 14.2. The highest BCUT2D eigenvalue weighted by molar-refractivity contribution is 7.35. The summed E-state index contributed by atoms with van der Waals surface area (Å²) in [6.07, 6.45) is 8.20. The van der Waals surface area contributed by atoms with Crippen LogP contribution in [-0.2, 0) is 5.41 Å². The van der Waals surface area contributed by atoms with Crippen LogP contribution in [0.5, 0.6) is 0 Å². The monoisotopic (exact) mass is 828 g/mol. The Balaban J connectivity index is 1.10. The second-order valence-corrected chi connectivity index (χ2v) is 18.5. The van der Waals surface area contributed by atoms with E-state index < -0.39 is 34.8 Å². The van der Waals surface area contributed by atoms with E-state index in [9.17, 15) is 42.9 Å². The standard InChI is InChI=1S/C43H20F4N4O2S4/c44-26-10-20-22(12-28(26)46)37(52)24(33(20)17(14-48)15-49)6-18-8-31-39(54-18)35-41(56-31)42-36(43(35)4-2-1-3-5-43)40-32(57-42)9-19(55-40)7-25-34(30(51)16-50)21-11-27(45)29(47)13-23(21)38(25)53/h6-13H,1-5,51H2/b24-6-,25-7+,34-30+. The third-order valence-electron chi connectivity index (χ3n) is 11.3. The van der Waals surface area contributed by atoms with Crippen LogP contribution in [0, 0.1) is 57.3 Å². The van der Waals surface area contributed by atoms with Gasteiger partial charge in [-0.1, -0.05) is 19.3 Å².